The lowest BCUT2D eigenvalue weighted by Crippen LogP contribution is -2.47. The number of nitrogens with zero attached hydrogens (tertiary/aromatic N) is 2. The minimum Gasteiger partial charge on any atom is -0.489 e. The second-order valence-electron chi connectivity index (χ2n) is 10.6. The molecule has 0 radical (unpaired) electrons. The SMILES string of the molecule is C[C@H]1[C@@H](c2ccc(F)c(F)c2OCCN2CCO[C@H]3CC32)[C@H](C(=O)Nc2ccnc(C(N)=O)c2)O[C@@]1(C)C(F)(F)F. The molecule has 41 heavy (non-hydrogen) atoms. The minimum absolute atomic E-state index is 0.0278. The third kappa shape index (κ3) is 5.47. The van der Waals surface area contributed by atoms with Crippen molar-refractivity contribution in [1.82, 2.24) is 9.88 Å². The summed E-state index contributed by atoms with van der Waals surface area (Å²) in [6.45, 7) is 3.50. The Morgan fingerprint density at radius 3 is 2.73 bits per heavy atom. The minimum atomic E-state index is -4.91. The van der Waals surface area contributed by atoms with Gasteiger partial charge in [-0.05, 0) is 31.5 Å². The van der Waals surface area contributed by atoms with Gasteiger partial charge in [0.15, 0.2) is 17.2 Å². The second-order valence-corrected chi connectivity index (χ2v) is 10.6. The predicted molar refractivity (Wildman–Crippen MR) is 134 cm³/mol. The first-order valence-electron chi connectivity index (χ1n) is 13.1. The van der Waals surface area contributed by atoms with E-state index in [2.05, 4.69) is 15.2 Å². The Bertz CT molecular complexity index is 1340. The highest BCUT2D eigenvalue weighted by molar-refractivity contribution is 5.97. The normalized spacial score (nSPS) is 29.6. The van der Waals surface area contributed by atoms with Gasteiger partial charge < -0.3 is 25.3 Å². The Morgan fingerprint density at radius 2 is 2.02 bits per heavy atom. The van der Waals surface area contributed by atoms with E-state index in [9.17, 15) is 27.2 Å². The van der Waals surface area contributed by atoms with Crippen molar-refractivity contribution < 1.29 is 45.8 Å². The number of carbonyl (C=O) groups excluding carboxylic acids is 2. The van der Waals surface area contributed by atoms with Crippen molar-refractivity contribution in [3.8, 4) is 5.75 Å². The van der Waals surface area contributed by atoms with Crippen LogP contribution in [0, 0.1) is 17.6 Å². The highest BCUT2D eigenvalue weighted by atomic mass is 19.4. The summed E-state index contributed by atoms with van der Waals surface area (Å²) >= 11 is 0. The first-order chi connectivity index (χ1) is 19.3. The van der Waals surface area contributed by atoms with E-state index in [0.717, 1.165) is 31.5 Å². The zero-order valence-corrected chi connectivity index (χ0v) is 22.2. The van der Waals surface area contributed by atoms with Crippen LogP contribution in [0.4, 0.5) is 27.6 Å². The first kappa shape index (κ1) is 29.1. The lowest BCUT2D eigenvalue weighted by molar-refractivity contribution is -0.272. The molecule has 3 fully saturated rings. The fourth-order valence-electron chi connectivity index (χ4n) is 5.59. The average molecular weight is 585 g/mol. The van der Waals surface area contributed by atoms with E-state index in [-0.39, 0.29) is 35.7 Å². The van der Waals surface area contributed by atoms with Crippen LogP contribution >= 0.6 is 0 Å². The number of morpholine rings is 1. The molecule has 3 heterocycles. The molecule has 0 bridgehead atoms. The van der Waals surface area contributed by atoms with Crippen LogP contribution in [0.1, 0.15) is 42.2 Å². The number of anilines is 1. The number of nitrogens with one attached hydrogen (secondary N) is 1. The van der Waals surface area contributed by atoms with Crippen LogP contribution in [0.5, 0.6) is 5.75 Å². The number of pyridine rings is 1. The Hall–Kier alpha value is -3.36. The van der Waals surface area contributed by atoms with Gasteiger partial charge in [0.05, 0.1) is 12.7 Å². The molecular weight excluding hydrogens is 555 g/mol. The molecule has 1 aliphatic carbocycles. The average Bonchev–Trinajstić information content (AvgIpc) is 3.66. The highest BCUT2D eigenvalue weighted by Gasteiger charge is 2.66. The Morgan fingerprint density at radius 1 is 1.27 bits per heavy atom. The third-order valence-electron chi connectivity index (χ3n) is 8.15. The standard InChI is InChI=1S/C27H29F5N4O5/c1-13-20(15-3-4-16(28)21(29)22(15)40-10-8-36-7-9-39-19-12-18(19)36)23(41-26(13,2)27(30,31)32)25(38)35-14-5-6-34-17(11-14)24(33)37/h3-6,11,13,18-20,23H,7-10,12H2,1-2H3,(H2,33,37)(H,34,35,38)/t13-,18?,19-,20-,23+,26+/m0/s1. The number of alkyl halides is 3. The van der Waals surface area contributed by atoms with Gasteiger partial charge in [-0.3, -0.25) is 19.5 Å². The smallest absolute Gasteiger partial charge is 0.417 e. The summed E-state index contributed by atoms with van der Waals surface area (Å²) in [5.74, 6) is -7.89. The van der Waals surface area contributed by atoms with Crippen LogP contribution in [-0.4, -0.2) is 78.0 Å². The number of hydrogen-bond acceptors (Lipinski definition) is 7. The Labute approximate surface area is 232 Å². The molecule has 14 heteroatoms. The van der Waals surface area contributed by atoms with Crippen molar-refractivity contribution in [2.75, 3.05) is 31.6 Å². The summed E-state index contributed by atoms with van der Waals surface area (Å²) in [6.07, 6.45) is -4.51. The van der Waals surface area contributed by atoms with Crippen LogP contribution in [0.2, 0.25) is 0 Å². The number of primary amides is 1. The molecule has 6 atom stereocenters. The molecule has 2 aromatic rings. The summed E-state index contributed by atoms with van der Waals surface area (Å²) in [7, 11) is 0. The summed E-state index contributed by atoms with van der Waals surface area (Å²) in [6, 6.07) is 4.57. The number of ether oxygens (including phenoxy) is 3. The number of aromatic nitrogens is 1. The van der Waals surface area contributed by atoms with Crippen molar-refractivity contribution in [1.29, 1.82) is 0 Å². The maximum absolute atomic E-state index is 15.2. The van der Waals surface area contributed by atoms with Crippen LogP contribution in [-0.2, 0) is 14.3 Å². The number of nitrogens with two attached hydrogens (primary N) is 1. The van der Waals surface area contributed by atoms with Crippen LogP contribution in [0.25, 0.3) is 0 Å². The largest absolute Gasteiger partial charge is 0.489 e. The number of hydrogen-bond donors (Lipinski definition) is 2. The third-order valence-corrected chi connectivity index (χ3v) is 8.15. The number of halogens is 5. The maximum atomic E-state index is 15.2. The molecule has 2 amide bonds. The number of rotatable bonds is 8. The predicted octanol–water partition coefficient (Wildman–Crippen LogP) is 3.39. The first-order valence-corrected chi connectivity index (χ1v) is 13.1. The molecule has 1 aromatic carbocycles. The van der Waals surface area contributed by atoms with Gasteiger partial charge in [-0.2, -0.15) is 17.6 Å². The van der Waals surface area contributed by atoms with E-state index < -0.39 is 58.9 Å². The monoisotopic (exact) mass is 584 g/mol. The maximum Gasteiger partial charge on any atom is 0.417 e. The van der Waals surface area contributed by atoms with E-state index >= 15 is 4.39 Å². The van der Waals surface area contributed by atoms with E-state index in [1.165, 1.54) is 19.2 Å². The number of amides is 2. The van der Waals surface area contributed by atoms with Crippen molar-refractivity contribution in [2.45, 2.75) is 56.2 Å². The van der Waals surface area contributed by atoms with Gasteiger partial charge in [-0.15, -0.1) is 0 Å². The van der Waals surface area contributed by atoms with Gasteiger partial charge in [-0.1, -0.05) is 13.0 Å². The molecule has 3 N–H and O–H groups in total. The van der Waals surface area contributed by atoms with Gasteiger partial charge in [-0.25, -0.2) is 4.39 Å². The fraction of sp³-hybridized carbons (Fsp3) is 0.519. The Balaban J connectivity index is 1.46. The topological polar surface area (TPSA) is 116 Å². The summed E-state index contributed by atoms with van der Waals surface area (Å²) in [5, 5.41) is 2.42. The molecule has 9 nitrogen and oxygen atoms in total. The molecule has 1 aromatic heterocycles. The van der Waals surface area contributed by atoms with E-state index in [1.807, 2.05) is 0 Å². The summed E-state index contributed by atoms with van der Waals surface area (Å²) < 4.78 is 89.1. The van der Waals surface area contributed by atoms with Gasteiger partial charge in [0, 0.05) is 48.4 Å². The highest BCUT2D eigenvalue weighted by Crippen LogP contribution is 2.55. The van der Waals surface area contributed by atoms with Gasteiger partial charge in [0.25, 0.3) is 11.8 Å². The van der Waals surface area contributed by atoms with Gasteiger partial charge in [0.1, 0.15) is 18.4 Å². The van der Waals surface area contributed by atoms with Crippen molar-refractivity contribution in [3.63, 3.8) is 0 Å². The van der Waals surface area contributed by atoms with Crippen molar-refractivity contribution >= 4 is 17.5 Å². The van der Waals surface area contributed by atoms with Gasteiger partial charge >= 0.3 is 6.18 Å². The zero-order valence-electron chi connectivity index (χ0n) is 22.2. The molecule has 222 valence electrons. The van der Waals surface area contributed by atoms with Gasteiger partial charge in [0.2, 0.25) is 5.82 Å². The lowest BCUT2D eigenvalue weighted by Gasteiger charge is -2.32. The second kappa shape index (κ2) is 10.8. The molecule has 3 aliphatic rings. The molecule has 1 unspecified atom stereocenters. The zero-order chi connectivity index (χ0) is 29.7. The Kier molecular flexibility index (Phi) is 7.68. The van der Waals surface area contributed by atoms with Crippen LogP contribution in [0.15, 0.2) is 30.5 Å². The summed E-state index contributed by atoms with van der Waals surface area (Å²) in [5.41, 5.74) is 2.12. The number of fused-ring (bicyclic) bond motifs is 1. The fourth-order valence-corrected chi connectivity index (χ4v) is 5.59. The molecular formula is C27H29F5N4O5. The number of carbonyl (C=O) groups is 2. The van der Waals surface area contributed by atoms with Crippen molar-refractivity contribution in [2.24, 2.45) is 11.7 Å². The van der Waals surface area contributed by atoms with E-state index in [4.69, 9.17) is 19.9 Å². The molecule has 0 spiro atoms. The van der Waals surface area contributed by atoms with Crippen molar-refractivity contribution in [3.05, 3.63) is 53.4 Å². The van der Waals surface area contributed by atoms with E-state index in [1.54, 1.807) is 0 Å². The molecule has 2 saturated heterocycles. The summed E-state index contributed by atoms with van der Waals surface area (Å²) in [4.78, 5) is 30.7. The molecule has 5 rings (SSSR count). The number of benzene rings is 1. The molecule has 2 aliphatic heterocycles. The van der Waals surface area contributed by atoms with Crippen LogP contribution in [0.3, 0.4) is 0 Å². The molecule has 1 saturated carbocycles. The quantitative estimate of drug-likeness (QED) is 0.457. The van der Waals surface area contributed by atoms with E-state index in [0.29, 0.717) is 19.7 Å². The lowest BCUT2D eigenvalue weighted by atomic mass is 9.77. The van der Waals surface area contributed by atoms with Crippen LogP contribution < -0.4 is 15.8 Å².